The molecule has 11 nitrogen and oxygen atoms in total. The number of rotatable bonds is 11. The second-order valence-corrected chi connectivity index (χ2v) is 10.1. The van der Waals surface area contributed by atoms with Crippen LogP contribution in [0.3, 0.4) is 0 Å². The Kier molecular flexibility index (Phi) is 9.87. The molecule has 1 aliphatic carbocycles. The molecule has 1 aliphatic rings. The third kappa shape index (κ3) is 7.06. The first-order valence-electron chi connectivity index (χ1n) is 13.7. The van der Waals surface area contributed by atoms with Crippen LogP contribution in [0.5, 0.6) is 17.2 Å². The number of amides is 2. The lowest BCUT2D eigenvalue weighted by Gasteiger charge is -2.19. The molecular weight excluding hydrogens is 554 g/mol. The van der Waals surface area contributed by atoms with Gasteiger partial charge in [-0.1, -0.05) is 36.4 Å². The number of methoxy groups -OCH3 is 3. The van der Waals surface area contributed by atoms with E-state index in [1.165, 1.54) is 34.3 Å². The van der Waals surface area contributed by atoms with Crippen molar-refractivity contribution in [3.05, 3.63) is 81.5 Å². The van der Waals surface area contributed by atoms with Gasteiger partial charge in [-0.2, -0.15) is 0 Å². The van der Waals surface area contributed by atoms with Crippen molar-refractivity contribution < 1.29 is 33.7 Å². The molecule has 0 aromatic heterocycles. The predicted octanol–water partition coefficient (Wildman–Crippen LogP) is 3.09. The molecule has 0 saturated heterocycles. The van der Waals surface area contributed by atoms with Gasteiger partial charge in [0.2, 0.25) is 23.0 Å². The molecular formula is C32H35N3O8. The fraction of sp³-hybridized carbons (Fsp3) is 0.312. The molecule has 43 heavy (non-hydrogen) atoms. The number of fused-ring (bicyclic) bond motifs is 3. The molecule has 4 rings (SSSR count). The lowest BCUT2D eigenvalue weighted by atomic mass is 9.95. The summed E-state index contributed by atoms with van der Waals surface area (Å²) in [6.07, 6.45) is 1.18. The lowest BCUT2D eigenvalue weighted by Crippen LogP contribution is -2.44. The van der Waals surface area contributed by atoms with Crippen LogP contribution >= 0.6 is 0 Å². The van der Waals surface area contributed by atoms with E-state index in [0.29, 0.717) is 46.8 Å². The predicted molar refractivity (Wildman–Crippen MR) is 161 cm³/mol. The van der Waals surface area contributed by atoms with Crippen LogP contribution in [-0.2, 0) is 27.2 Å². The van der Waals surface area contributed by atoms with Gasteiger partial charge in [-0.3, -0.25) is 14.4 Å². The van der Waals surface area contributed by atoms with Crippen molar-refractivity contribution in [1.29, 1.82) is 0 Å². The smallest absolute Gasteiger partial charge is 0.326 e. The summed E-state index contributed by atoms with van der Waals surface area (Å²) in [6.45, 7) is 1.09. The van der Waals surface area contributed by atoms with E-state index in [1.54, 1.807) is 36.4 Å². The maximum Gasteiger partial charge on any atom is 0.326 e. The maximum absolute atomic E-state index is 13.4. The van der Waals surface area contributed by atoms with Crippen molar-refractivity contribution in [2.45, 2.75) is 38.3 Å². The van der Waals surface area contributed by atoms with Gasteiger partial charge >= 0.3 is 5.97 Å². The lowest BCUT2D eigenvalue weighted by molar-refractivity contribution is -0.141. The van der Waals surface area contributed by atoms with Gasteiger partial charge in [0.1, 0.15) is 6.04 Å². The molecule has 0 bridgehead atoms. The largest absolute Gasteiger partial charge is 0.493 e. The molecule has 4 N–H and O–H groups in total. The first-order valence-corrected chi connectivity index (χ1v) is 13.7. The number of anilines is 1. The normalized spacial score (nSPS) is 14.2. The van der Waals surface area contributed by atoms with Crippen LogP contribution in [0.15, 0.2) is 59.4 Å². The van der Waals surface area contributed by atoms with E-state index in [2.05, 4.69) is 16.0 Å². The molecule has 0 aliphatic heterocycles. The van der Waals surface area contributed by atoms with E-state index in [1.807, 2.05) is 12.1 Å². The Morgan fingerprint density at radius 3 is 2.33 bits per heavy atom. The van der Waals surface area contributed by atoms with E-state index < -0.39 is 29.4 Å². The van der Waals surface area contributed by atoms with Crippen molar-refractivity contribution >= 4 is 23.5 Å². The zero-order valence-corrected chi connectivity index (χ0v) is 24.5. The molecule has 226 valence electrons. The number of carbonyl (C=O) groups is 3. The third-order valence-corrected chi connectivity index (χ3v) is 7.27. The van der Waals surface area contributed by atoms with Crippen LogP contribution < -0.4 is 35.6 Å². The average molecular weight is 590 g/mol. The van der Waals surface area contributed by atoms with Crippen LogP contribution in [0.4, 0.5) is 5.69 Å². The summed E-state index contributed by atoms with van der Waals surface area (Å²) in [6, 6.07) is 14.0. The maximum atomic E-state index is 13.4. The molecule has 3 aromatic rings. The first kappa shape index (κ1) is 30.9. The summed E-state index contributed by atoms with van der Waals surface area (Å²) < 4.78 is 16.9. The Hall–Kier alpha value is -5.06. The SMILES string of the molecule is COc1cc2c(c(OC)c1OC)-c1ccc(NCC(=O)N[C@@H](Cc3ccccc3)C(=O)O)c(=O)cc1[C@@H](NC(C)=O)CC2. The molecule has 0 fully saturated rings. The minimum atomic E-state index is -1.17. The summed E-state index contributed by atoms with van der Waals surface area (Å²) in [5.74, 6) is -0.701. The highest BCUT2D eigenvalue weighted by Crippen LogP contribution is 2.50. The topological polar surface area (TPSA) is 152 Å². The number of benzene rings is 2. The van der Waals surface area contributed by atoms with Gasteiger partial charge in [-0.05, 0) is 53.3 Å². The number of hydrogen-bond acceptors (Lipinski definition) is 8. The average Bonchev–Trinajstić information content (AvgIpc) is 3.23. The van der Waals surface area contributed by atoms with E-state index in [-0.39, 0.29) is 24.6 Å². The van der Waals surface area contributed by atoms with Crippen molar-refractivity contribution in [3.63, 3.8) is 0 Å². The third-order valence-electron chi connectivity index (χ3n) is 7.27. The molecule has 0 spiro atoms. The Morgan fingerprint density at radius 2 is 1.70 bits per heavy atom. The number of aliphatic carboxylic acids is 1. The fourth-order valence-corrected chi connectivity index (χ4v) is 5.32. The molecule has 2 atom stereocenters. The molecule has 0 unspecified atom stereocenters. The van der Waals surface area contributed by atoms with Crippen molar-refractivity contribution in [2.24, 2.45) is 0 Å². The van der Waals surface area contributed by atoms with Crippen molar-refractivity contribution in [1.82, 2.24) is 10.6 Å². The van der Waals surface area contributed by atoms with Crippen LogP contribution in [0, 0.1) is 0 Å². The van der Waals surface area contributed by atoms with E-state index >= 15 is 0 Å². The number of carbonyl (C=O) groups excluding carboxylic acids is 2. The number of ether oxygens (including phenoxy) is 3. The summed E-state index contributed by atoms with van der Waals surface area (Å²) in [5, 5.41) is 17.9. The number of nitrogens with one attached hydrogen (secondary N) is 3. The molecule has 11 heteroatoms. The second kappa shape index (κ2) is 13.7. The van der Waals surface area contributed by atoms with Gasteiger partial charge in [-0.25, -0.2) is 4.79 Å². The van der Waals surface area contributed by atoms with Gasteiger partial charge < -0.3 is 35.3 Å². The first-order chi connectivity index (χ1) is 20.7. The van der Waals surface area contributed by atoms with Crippen LogP contribution in [0.1, 0.15) is 36.1 Å². The zero-order valence-electron chi connectivity index (χ0n) is 24.5. The molecule has 2 amide bonds. The van der Waals surface area contributed by atoms with Crippen molar-refractivity contribution in [3.8, 4) is 28.4 Å². The van der Waals surface area contributed by atoms with E-state index in [0.717, 1.165) is 11.1 Å². The zero-order chi connectivity index (χ0) is 31.1. The van der Waals surface area contributed by atoms with E-state index in [9.17, 15) is 24.3 Å². The van der Waals surface area contributed by atoms with Crippen LogP contribution in [0.2, 0.25) is 0 Å². The Bertz CT molecular complexity index is 1580. The fourth-order valence-electron chi connectivity index (χ4n) is 5.32. The number of carboxylic acids is 1. The molecule has 0 saturated carbocycles. The van der Waals surface area contributed by atoms with Crippen LogP contribution in [0.25, 0.3) is 11.1 Å². The summed E-state index contributed by atoms with van der Waals surface area (Å²) in [7, 11) is 4.56. The second-order valence-electron chi connectivity index (χ2n) is 10.1. The Morgan fingerprint density at radius 1 is 0.977 bits per heavy atom. The highest BCUT2D eigenvalue weighted by molar-refractivity contribution is 5.87. The van der Waals surface area contributed by atoms with E-state index in [4.69, 9.17) is 14.2 Å². The summed E-state index contributed by atoms with van der Waals surface area (Å²) >= 11 is 0. The molecule has 0 radical (unpaired) electrons. The molecule has 3 aromatic carbocycles. The van der Waals surface area contributed by atoms with Gasteiger partial charge in [0.15, 0.2) is 11.5 Å². The minimum absolute atomic E-state index is 0.113. The monoisotopic (exact) mass is 589 g/mol. The van der Waals surface area contributed by atoms with Gasteiger partial charge in [0.25, 0.3) is 0 Å². The number of carboxylic acid groups (broad SMARTS) is 1. The van der Waals surface area contributed by atoms with Crippen molar-refractivity contribution in [2.75, 3.05) is 33.2 Å². The molecule has 0 heterocycles. The van der Waals surface area contributed by atoms with Gasteiger partial charge in [-0.15, -0.1) is 0 Å². The summed E-state index contributed by atoms with van der Waals surface area (Å²) in [4.78, 5) is 50.1. The highest BCUT2D eigenvalue weighted by Gasteiger charge is 2.29. The van der Waals surface area contributed by atoms with Gasteiger partial charge in [0, 0.05) is 18.9 Å². The quantitative estimate of drug-likeness (QED) is 0.264. The minimum Gasteiger partial charge on any atom is -0.493 e. The summed E-state index contributed by atoms with van der Waals surface area (Å²) in [5.41, 5.74) is 3.29. The standard InChI is InChI=1S/C32H35N3O8/c1-18(36)34-23-12-10-20-15-27(41-2)30(42-3)31(43-4)29(20)21-11-13-24(26(37)16-22(21)23)33-17-28(38)35-25(32(39)40)14-19-8-6-5-7-9-19/h5-9,11,13,15-16,23,25H,10,12,14,17H2,1-4H3,(H,33,37)(H,34,36)(H,35,38)(H,39,40)/t23-,25-/m0/s1. The van der Waals surface area contributed by atoms with Gasteiger partial charge in [0.05, 0.1) is 39.6 Å². The number of aryl methyl sites for hydroxylation is 1. The number of hydrogen-bond donors (Lipinski definition) is 4. The Labute approximate surface area is 249 Å². The highest BCUT2D eigenvalue weighted by atomic mass is 16.5. The van der Waals surface area contributed by atoms with Crippen LogP contribution in [-0.4, -0.2) is 56.8 Å². The Balaban J connectivity index is 1.69.